The van der Waals surface area contributed by atoms with E-state index in [4.69, 9.17) is 15.2 Å². The summed E-state index contributed by atoms with van der Waals surface area (Å²) < 4.78 is 9.82. The standard InChI is InChI=1S/C10H17NO4/c1-6(2)4-7(15-9(11)13)8(12)10(3)5-14-10/h6-7H,4-5H2,1-3H3,(H2,11,13)/t7-,10-/m1/s1. The van der Waals surface area contributed by atoms with Crippen molar-refractivity contribution in [2.24, 2.45) is 11.7 Å². The van der Waals surface area contributed by atoms with E-state index >= 15 is 0 Å². The Balaban J connectivity index is 2.62. The minimum absolute atomic E-state index is 0.199. The third-order valence-electron chi connectivity index (χ3n) is 2.33. The molecule has 0 radical (unpaired) electrons. The second-order valence-electron chi connectivity index (χ2n) is 4.44. The number of epoxide rings is 1. The zero-order valence-corrected chi connectivity index (χ0v) is 9.28. The molecule has 86 valence electrons. The lowest BCUT2D eigenvalue weighted by molar-refractivity contribution is -0.132. The lowest BCUT2D eigenvalue weighted by Gasteiger charge is -2.18. The highest BCUT2D eigenvalue weighted by molar-refractivity contribution is 5.94. The third kappa shape index (κ3) is 3.20. The maximum atomic E-state index is 11.8. The van der Waals surface area contributed by atoms with E-state index in [2.05, 4.69) is 0 Å². The number of primary amides is 1. The molecule has 0 bridgehead atoms. The first-order valence-corrected chi connectivity index (χ1v) is 4.99. The highest BCUT2D eigenvalue weighted by atomic mass is 16.6. The van der Waals surface area contributed by atoms with Gasteiger partial charge in [0.15, 0.2) is 11.7 Å². The molecule has 0 aromatic rings. The molecule has 2 N–H and O–H groups in total. The maximum Gasteiger partial charge on any atom is 0.405 e. The predicted molar refractivity (Wildman–Crippen MR) is 53.3 cm³/mol. The van der Waals surface area contributed by atoms with Crippen LogP contribution in [0.15, 0.2) is 0 Å². The summed E-state index contributed by atoms with van der Waals surface area (Å²) in [5.74, 6) is 0.0515. The lowest BCUT2D eigenvalue weighted by Crippen LogP contribution is -2.38. The van der Waals surface area contributed by atoms with Gasteiger partial charge in [-0.05, 0) is 19.3 Å². The second kappa shape index (κ2) is 4.18. The van der Waals surface area contributed by atoms with Crippen LogP contribution in [0, 0.1) is 5.92 Å². The van der Waals surface area contributed by atoms with Gasteiger partial charge in [0.1, 0.15) is 0 Å². The Morgan fingerprint density at radius 1 is 1.53 bits per heavy atom. The van der Waals surface area contributed by atoms with Crippen LogP contribution in [0.5, 0.6) is 0 Å². The van der Waals surface area contributed by atoms with Gasteiger partial charge in [-0.1, -0.05) is 13.8 Å². The molecule has 2 atom stereocenters. The molecule has 0 spiro atoms. The predicted octanol–water partition coefficient (Wildman–Crippen LogP) is 0.854. The van der Waals surface area contributed by atoms with Gasteiger partial charge in [0, 0.05) is 0 Å². The zero-order chi connectivity index (χ0) is 11.6. The van der Waals surface area contributed by atoms with E-state index in [1.54, 1.807) is 6.92 Å². The SMILES string of the molecule is CC(C)C[C@@H](OC(N)=O)C(=O)[C@@]1(C)CO1. The highest BCUT2D eigenvalue weighted by Crippen LogP contribution is 2.30. The number of rotatable bonds is 5. The van der Waals surface area contributed by atoms with Gasteiger partial charge >= 0.3 is 6.09 Å². The molecule has 5 nitrogen and oxygen atoms in total. The Kier molecular flexibility index (Phi) is 3.34. The molecular formula is C10H17NO4. The second-order valence-corrected chi connectivity index (χ2v) is 4.44. The van der Waals surface area contributed by atoms with Crippen molar-refractivity contribution in [1.29, 1.82) is 0 Å². The Hall–Kier alpha value is -1.10. The van der Waals surface area contributed by atoms with Gasteiger partial charge in [-0.15, -0.1) is 0 Å². The molecular weight excluding hydrogens is 198 g/mol. The van der Waals surface area contributed by atoms with Gasteiger partial charge in [0.05, 0.1) is 6.61 Å². The molecule has 1 fully saturated rings. The summed E-state index contributed by atoms with van der Waals surface area (Å²) in [6.07, 6.45) is -1.23. The number of hydrogen-bond acceptors (Lipinski definition) is 4. The van der Waals surface area contributed by atoms with Gasteiger partial charge < -0.3 is 15.2 Å². The first-order chi connectivity index (χ1) is 6.85. The molecule has 0 unspecified atom stereocenters. The summed E-state index contributed by atoms with van der Waals surface area (Å²) >= 11 is 0. The molecule has 0 saturated carbocycles. The number of amides is 1. The lowest BCUT2D eigenvalue weighted by atomic mass is 9.96. The van der Waals surface area contributed by atoms with E-state index in [1.807, 2.05) is 13.8 Å². The van der Waals surface area contributed by atoms with E-state index < -0.39 is 17.8 Å². The fourth-order valence-corrected chi connectivity index (χ4v) is 1.37. The van der Waals surface area contributed by atoms with Crippen molar-refractivity contribution < 1.29 is 19.1 Å². The number of carbonyl (C=O) groups excluding carboxylic acids is 2. The molecule has 0 aromatic heterocycles. The number of hydrogen-bond donors (Lipinski definition) is 1. The van der Waals surface area contributed by atoms with Gasteiger partial charge in [-0.25, -0.2) is 4.79 Å². The van der Waals surface area contributed by atoms with Crippen LogP contribution in [0.25, 0.3) is 0 Å². The van der Waals surface area contributed by atoms with Crippen LogP contribution in [0.3, 0.4) is 0 Å². The van der Waals surface area contributed by atoms with Crippen LogP contribution in [0.1, 0.15) is 27.2 Å². The van der Waals surface area contributed by atoms with Crippen LogP contribution in [-0.2, 0) is 14.3 Å². The fraction of sp³-hybridized carbons (Fsp3) is 0.800. The summed E-state index contributed by atoms with van der Waals surface area (Å²) in [5.41, 5.74) is 4.15. The Morgan fingerprint density at radius 3 is 2.40 bits per heavy atom. The average molecular weight is 215 g/mol. The number of Topliss-reactive ketones (excluding diaryl/α,β-unsaturated/α-hetero) is 1. The third-order valence-corrected chi connectivity index (χ3v) is 2.33. The van der Waals surface area contributed by atoms with Crippen molar-refractivity contribution in [3.05, 3.63) is 0 Å². The van der Waals surface area contributed by atoms with Gasteiger partial charge in [-0.2, -0.15) is 0 Å². The zero-order valence-electron chi connectivity index (χ0n) is 9.28. The first-order valence-electron chi connectivity index (χ1n) is 4.99. The first kappa shape index (κ1) is 12.0. The monoisotopic (exact) mass is 215 g/mol. The van der Waals surface area contributed by atoms with Crippen molar-refractivity contribution in [3.63, 3.8) is 0 Å². The van der Waals surface area contributed by atoms with E-state index in [9.17, 15) is 9.59 Å². The molecule has 5 heteroatoms. The molecule has 0 aromatic carbocycles. The van der Waals surface area contributed by atoms with Crippen LogP contribution in [0.4, 0.5) is 4.79 Å². The minimum atomic E-state index is -0.918. The maximum absolute atomic E-state index is 11.8. The number of ketones is 1. The van der Waals surface area contributed by atoms with E-state index in [0.717, 1.165) is 0 Å². The summed E-state index contributed by atoms with van der Waals surface area (Å²) in [5, 5.41) is 0. The van der Waals surface area contributed by atoms with Crippen LogP contribution < -0.4 is 5.73 Å². The normalized spacial score (nSPS) is 26.1. The summed E-state index contributed by atoms with van der Waals surface area (Å²) in [6, 6.07) is 0. The summed E-state index contributed by atoms with van der Waals surface area (Å²) in [4.78, 5) is 22.5. The van der Waals surface area contributed by atoms with Crippen molar-refractivity contribution in [2.75, 3.05) is 6.61 Å². The highest BCUT2D eigenvalue weighted by Gasteiger charge is 2.50. The number of nitrogens with two attached hydrogens (primary N) is 1. The minimum Gasteiger partial charge on any atom is -0.438 e. The molecule has 1 rings (SSSR count). The molecule has 1 heterocycles. The fourth-order valence-electron chi connectivity index (χ4n) is 1.37. The van der Waals surface area contributed by atoms with Crippen molar-refractivity contribution in [2.45, 2.75) is 38.9 Å². The van der Waals surface area contributed by atoms with Crippen LogP contribution in [-0.4, -0.2) is 30.2 Å². The van der Waals surface area contributed by atoms with Gasteiger partial charge in [-0.3, -0.25) is 4.79 Å². The largest absolute Gasteiger partial charge is 0.438 e. The quantitative estimate of drug-likeness (QED) is 0.689. The Morgan fingerprint density at radius 2 is 2.07 bits per heavy atom. The number of ether oxygens (including phenoxy) is 2. The van der Waals surface area contributed by atoms with Crippen LogP contribution >= 0.6 is 0 Å². The smallest absolute Gasteiger partial charge is 0.405 e. The Bertz CT molecular complexity index is 271. The molecule has 15 heavy (non-hydrogen) atoms. The molecule has 1 aliphatic heterocycles. The molecule has 1 aliphatic rings. The summed E-state index contributed by atoms with van der Waals surface area (Å²) in [6.45, 7) is 5.97. The van der Waals surface area contributed by atoms with Crippen molar-refractivity contribution >= 4 is 11.9 Å². The van der Waals surface area contributed by atoms with Crippen molar-refractivity contribution in [3.8, 4) is 0 Å². The topological polar surface area (TPSA) is 81.9 Å². The van der Waals surface area contributed by atoms with E-state index in [0.29, 0.717) is 13.0 Å². The number of carbonyl (C=O) groups is 2. The van der Waals surface area contributed by atoms with E-state index in [1.165, 1.54) is 0 Å². The molecule has 1 amide bonds. The summed E-state index contributed by atoms with van der Waals surface area (Å²) in [7, 11) is 0. The molecule has 0 aliphatic carbocycles. The van der Waals surface area contributed by atoms with Crippen LogP contribution in [0.2, 0.25) is 0 Å². The molecule has 1 saturated heterocycles. The average Bonchev–Trinajstić information content (AvgIpc) is 2.81. The van der Waals surface area contributed by atoms with Gasteiger partial charge in [0.2, 0.25) is 5.78 Å². The van der Waals surface area contributed by atoms with Crippen molar-refractivity contribution in [1.82, 2.24) is 0 Å². The Labute approximate surface area is 88.9 Å². The van der Waals surface area contributed by atoms with Gasteiger partial charge in [0.25, 0.3) is 0 Å². The van der Waals surface area contributed by atoms with E-state index in [-0.39, 0.29) is 11.7 Å².